The van der Waals surface area contributed by atoms with Gasteiger partial charge < -0.3 is 110 Å². The van der Waals surface area contributed by atoms with Gasteiger partial charge in [0.25, 0.3) is 0 Å². The Balaban J connectivity index is 0.751. The number of fused-ring (bicyclic) bond motifs is 4. The molecule has 4 aliphatic heterocycles. The first-order valence-corrected chi connectivity index (χ1v) is 36.0. The number of hydrogen-bond donors (Lipinski definition) is 14. The molecule has 19 atom stereocenters. The van der Waals surface area contributed by atoms with E-state index in [0.717, 1.165) is 19.0 Å². The Morgan fingerprint density at radius 1 is 0.371 bits per heavy atom. The van der Waals surface area contributed by atoms with E-state index in [1.54, 1.807) is 0 Å². The number of aliphatic hydroxyl groups excluding tert-OH is 5. The molecule has 0 radical (unpaired) electrons. The number of nitrogens with zero attached hydrogens (tertiary/aromatic N) is 16. The van der Waals surface area contributed by atoms with Gasteiger partial charge in [-0.1, -0.05) is 0 Å². The predicted molar refractivity (Wildman–Crippen MR) is 311 cm³/mol. The van der Waals surface area contributed by atoms with Crippen LogP contribution in [0.5, 0.6) is 0 Å². The maximum absolute atomic E-state index is 12.0. The second-order valence-corrected chi connectivity index (χ2v) is 30.9. The number of nitrogen functional groups attached to an aromatic ring is 4. The summed E-state index contributed by atoms with van der Waals surface area (Å²) >= 11 is 20.9. The fourth-order valence-electron chi connectivity index (χ4n) is 10.1. The predicted octanol–water partition coefficient (Wildman–Crippen LogP) is -3.85. The fraction of sp³-hybridized carbons (Fsp3) is 0.500. The van der Waals surface area contributed by atoms with Gasteiger partial charge in [0.05, 0.1) is 51.7 Å². The molecule has 18 N–H and O–H groups in total. The highest BCUT2D eigenvalue weighted by Gasteiger charge is 2.54. The second kappa shape index (κ2) is 24.9. The van der Waals surface area contributed by atoms with Crippen molar-refractivity contribution in [1.82, 2.24) is 78.1 Å². The van der Waals surface area contributed by atoms with Crippen molar-refractivity contribution >= 4 is 142 Å². The SMILES string of the molecule is Nc1ncnc2c1ncn2[C@@H]1O[C@H](COP(O)(=S)OC2[C@@H](O)[C@@H](COP(O)(=S)OC3[C@@H](O)[C@@H](COP(O)(=S)OC4[C@@H](O)[C@@H](COP(O)(O)=S)O[C@H]4n4cnc5c(N)ncnc54)O[C@H]3n3cnc4c(N)ncnc43)O[C@H]2n2cnc3c(N)ncnc32)[C@H](O)C1O. The summed E-state index contributed by atoms with van der Waals surface area (Å²) in [7, 11) is 0. The Bertz CT molecular complexity index is 4160. The normalized spacial score (nSPS) is 31.3. The number of aromatic nitrogens is 16. The van der Waals surface area contributed by atoms with Crippen LogP contribution in [0, 0.1) is 0 Å². The van der Waals surface area contributed by atoms with Crippen LogP contribution >= 0.6 is 26.9 Å². The first-order chi connectivity index (χ1) is 42.2. The molecule has 8 aromatic rings. The highest BCUT2D eigenvalue weighted by atomic mass is 32.5. The zero-order chi connectivity index (χ0) is 63.2. The minimum atomic E-state index is -4.70. The first kappa shape index (κ1) is 64.3. The van der Waals surface area contributed by atoms with Crippen molar-refractivity contribution < 1.29 is 101 Å². The Labute approximate surface area is 516 Å². The number of nitrogens with two attached hydrogens (primary N) is 4. The quantitative estimate of drug-likeness (QED) is 0.0289. The van der Waals surface area contributed by atoms with Gasteiger partial charge in [0.15, 0.2) is 70.8 Å². The van der Waals surface area contributed by atoms with Gasteiger partial charge in [0.1, 0.15) is 121 Å². The zero-order valence-electron chi connectivity index (χ0n) is 44.5. The number of anilines is 4. The molecule has 480 valence electrons. The molecule has 12 rings (SSSR count). The molecule has 0 saturated carbocycles. The average Bonchev–Trinajstić information content (AvgIpc) is 1.70. The number of hydrogen-bond acceptors (Lipinski definition) is 36. The van der Waals surface area contributed by atoms with Crippen molar-refractivity contribution in [3.8, 4) is 0 Å². The Morgan fingerprint density at radius 3 is 0.921 bits per heavy atom. The van der Waals surface area contributed by atoms with E-state index in [-0.39, 0.29) is 67.9 Å². The van der Waals surface area contributed by atoms with Crippen LogP contribution in [0.2, 0.25) is 0 Å². The Morgan fingerprint density at radius 2 is 0.629 bits per heavy atom. The molecule has 4 aliphatic rings. The van der Waals surface area contributed by atoms with E-state index < -0.39 is 151 Å². The van der Waals surface area contributed by atoms with E-state index in [4.69, 9.17) is 109 Å². The molecule has 0 bridgehead atoms. The summed E-state index contributed by atoms with van der Waals surface area (Å²) < 4.78 is 69.5. The van der Waals surface area contributed by atoms with Crippen LogP contribution in [0.1, 0.15) is 24.9 Å². The Kier molecular flexibility index (Phi) is 18.0. The molecule has 12 heterocycles. The molecule has 41 nitrogen and oxygen atoms in total. The molecule has 4 saturated heterocycles. The molecule has 0 amide bonds. The molecule has 0 aliphatic carbocycles. The highest BCUT2D eigenvalue weighted by Crippen LogP contribution is 2.55. The van der Waals surface area contributed by atoms with Crippen LogP contribution in [0.4, 0.5) is 23.3 Å². The summed E-state index contributed by atoms with van der Waals surface area (Å²) in [5, 5.41) is 57.6. The van der Waals surface area contributed by atoms with Crippen LogP contribution in [-0.2, 0) is 97.8 Å². The topological polar surface area (TPSA) is 582 Å². The van der Waals surface area contributed by atoms with Gasteiger partial charge in [-0.25, -0.2) is 59.8 Å². The third-order valence-corrected chi connectivity index (χ3v) is 19.8. The number of rotatable bonds is 22. The van der Waals surface area contributed by atoms with Gasteiger partial charge in [-0.05, 0) is 47.2 Å². The lowest BCUT2D eigenvalue weighted by atomic mass is 10.1. The van der Waals surface area contributed by atoms with E-state index >= 15 is 0 Å². The van der Waals surface area contributed by atoms with Gasteiger partial charge in [-0.3, -0.25) is 31.8 Å². The smallest absolute Gasteiger partial charge is 0.325 e. The van der Waals surface area contributed by atoms with Crippen LogP contribution in [0.3, 0.4) is 0 Å². The lowest BCUT2D eigenvalue weighted by molar-refractivity contribution is -0.0598. The molecular formula is C40H50N20O21P4S4. The van der Waals surface area contributed by atoms with Crippen molar-refractivity contribution in [1.29, 1.82) is 0 Å². The van der Waals surface area contributed by atoms with Crippen LogP contribution in [0.25, 0.3) is 44.7 Å². The molecular weight excluding hydrogens is 1350 g/mol. The molecule has 4 fully saturated rings. The lowest BCUT2D eigenvalue weighted by Crippen LogP contribution is -2.37. The number of aliphatic hydroxyl groups is 5. The first-order valence-electron chi connectivity index (χ1n) is 25.6. The standard InChI is InChI=1S/C40H50N20O21P4S4/c41-29-17-33(49-5-45-29)57(9-53-17)37-25(65)21(61)13(75-37)2-72-83(68,87)80-27-23(63)15(77-39(27)59-11-55-19-31(43)47-7-51-35(19)59)4-74-85(70,89)81-28-24(64)16(78-40(28)60-12-56-20-32(44)48-8-52-36(20)60)3-73-84(69,88)79-26-22(62)14(1-71-82(66,67)86)76-38(26)58-10-54-18-30(42)46-6-50-34(18)58/h5-16,21-28,37-40,61-65H,1-4H2,(H,68,87)(H,69,88)(H,70,89)(H2,41,45,49)(H2,42,46,50)(H2,43,47,51)(H2,44,48,52)(H2,66,67,86)/t13-,14-,15-,16-,21+,22+,23+,24+,25?,26?,27?,28?,37-,38-,39-,40-,83?,84?,85?/m1/s1. The average molecular weight is 1400 g/mol. The van der Waals surface area contributed by atoms with E-state index in [2.05, 4.69) is 71.6 Å². The summed E-state index contributed by atoms with van der Waals surface area (Å²) in [5.74, 6) is -0.0724. The van der Waals surface area contributed by atoms with Crippen LogP contribution < -0.4 is 22.9 Å². The van der Waals surface area contributed by atoms with Crippen molar-refractivity contribution in [2.45, 2.75) is 98.2 Å². The molecule has 49 heteroatoms. The second-order valence-electron chi connectivity index (χ2n) is 19.8. The van der Waals surface area contributed by atoms with Gasteiger partial charge in [-0.2, -0.15) is 0 Å². The molecule has 0 spiro atoms. The van der Waals surface area contributed by atoms with Gasteiger partial charge in [-0.15, -0.1) is 0 Å². The summed E-state index contributed by atoms with van der Waals surface area (Å²) in [6.07, 6.45) is -15.9. The highest BCUT2D eigenvalue weighted by molar-refractivity contribution is 8.08. The van der Waals surface area contributed by atoms with Crippen LogP contribution in [0.15, 0.2) is 50.6 Å². The zero-order valence-corrected chi connectivity index (χ0v) is 51.4. The fourth-order valence-corrected chi connectivity index (χ4v) is 14.9. The molecule has 0 aromatic carbocycles. The van der Waals surface area contributed by atoms with Crippen molar-refractivity contribution in [2.75, 3.05) is 49.4 Å². The molecule has 8 aromatic heterocycles. The largest absolute Gasteiger partial charge is 0.387 e. The molecule has 7 unspecified atom stereocenters. The third-order valence-electron chi connectivity index (χ3n) is 14.3. The number of imidazole rings is 4. The maximum Gasteiger partial charge on any atom is 0.325 e. The maximum atomic E-state index is 12.0. The van der Waals surface area contributed by atoms with E-state index in [1.807, 2.05) is 0 Å². The van der Waals surface area contributed by atoms with E-state index in [0.29, 0.717) is 0 Å². The van der Waals surface area contributed by atoms with Gasteiger partial charge >= 0.3 is 26.9 Å². The number of ether oxygens (including phenoxy) is 4. The van der Waals surface area contributed by atoms with E-state index in [1.165, 1.54) is 49.9 Å². The summed E-state index contributed by atoms with van der Waals surface area (Å²) in [6.45, 7) is -21.1. The monoisotopic (exact) mass is 1400 g/mol. The minimum absolute atomic E-state index is 0.0203. The summed E-state index contributed by atoms with van der Waals surface area (Å²) in [5.41, 5.74) is 24.9. The van der Waals surface area contributed by atoms with Gasteiger partial charge in [0, 0.05) is 0 Å². The Hall–Kier alpha value is -4.84. The summed E-state index contributed by atoms with van der Waals surface area (Å²) in [6, 6.07) is 0. The van der Waals surface area contributed by atoms with Crippen molar-refractivity contribution in [3.63, 3.8) is 0 Å². The third kappa shape index (κ3) is 12.9. The van der Waals surface area contributed by atoms with Gasteiger partial charge in [0.2, 0.25) is 0 Å². The minimum Gasteiger partial charge on any atom is -0.387 e. The lowest BCUT2D eigenvalue weighted by Gasteiger charge is -2.27. The van der Waals surface area contributed by atoms with E-state index in [9.17, 15) is 50.0 Å². The summed E-state index contributed by atoms with van der Waals surface area (Å²) in [4.78, 5) is 104. The van der Waals surface area contributed by atoms with Crippen molar-refractivity contribution in [2.24, 2.45) is 0 Å². The molecule has 89 heavy (non-hydrogen) atoms. The van der Waals surface area contributed by atoms with Crippen LogP contribution in [-0.4, -0.2) is 228 Å². The van der Waals surface area contributed by atoms with Crippen molar-refractivity contribution in [3.05, 3.63) is 50.6 Å².